The van der Waals surface area contributed by atoms with Crippen molar-refractivity contribution < 1.29 is 4.79 Å². The average molecular weight is 349 g/mol. The van der Waals surface area contributed by atoms with Crippen LogP contribution in [0, 0.1) is 0 Å². The van der Waals surface area contributed by atoms with Gasteiger partial charge in [0.1, 0.15) is 6.54 Å². The number of benzene rings is 2. The Morgan fingerprint density at radius 2 is 1.81 bits per heavy atom. The summed E-state index contributed by atoms with van der Waals surface area (Å²) < 4.78 is 1.08. The minimum Gasteiger partial charge on any atom is -0.348 e. The third-order valence-corrected chi connectivity index (χ3v) is 4.89. The molecular weight excluding hydrogens is 330 g/mol. The Bertz CT molecular complexity index is 1100. The van der Waals surface area contributed by atoms with E-state index in [9.17, 15) is 14.4 Å². The van der Waals surface area contributed by atoms with Crippen LogP contribution in [0.1, 0.15) is 30.0 Å². The Hall–Kier alpha value is -3.15. The molecule has 0 unspecified atom stereocenters. The van der Waals surface area contributed by atoms with Gasteiger partial charge >= 0.3 is 0 Å². The molecule has 1 aliphatic rings. The highest BCUT2D eigenvalue weighted by Gasteiger charge is 2.21. The minimum absolute atomic E-state index is 0.0599. The molecule has 2 N–H and O–H groups in total. The highest BCUT2D eigenvalue weighted by atomic mass is 16.2. The zero-order valence-corrected chi connectivity index (χ0v) is 14.2. The maximum Gasteiger partial charge on any atom is 0.273 e. The molecule has 6 nitrogen and oxygen atoms in total. The van der Waals surface area contributed by atoms with Gasteiger partial charge in [-0.15, -0.1) is 0 Å². The predicted molar refractivity (Wildman–Crippen MR) is 99.1 cm³/mol. The van der Waals surface area contributed by atoms with Crippen LogP contribution in [-0.2, 0) is 17.8 Å². The molecule has 1 atom stereocenters. The highest BCUT2D eigenvalue weighted by Crippen LogP contribution is 2.29. The van der Waals surface area contributed by atoms with Gasteiger partial charge in [-0.1, -0.05) is 36.4 Å². The molecule has 1 amide bonds. The van der Waals surface area contributed by atoms with Crippen LogP contribution in [-0.4, -0.2) is 15.7 Å². The van der Waals surface area contributed by atoms with Crippen molar-refractivity contribution in [1.82, 2.24) is 15.1 Å². The van der Waals surface area contributed by atoms with E-state index in [0.29, 0.717) is 10.8 Å². The Morgan fingerprint density at radius 1 is 1.08 bits per heavy atom. The fourth-order valence-electron chi connectivity index (χ4n) is 3.65. The van der Waals surface area contributed by atoms with Crippen LogP contribution in [0.3, 0.4) is 0 Å². The molecule has 3 aromatic rings. The number of H-pyrrole nitrogens is 1. The second kappa shape index (κ2) is 6.63. The molecular formula is C20H19N3O3. The summed E-state index contributed by atoms with van der Waals surface area (Å²) in [5.41, 5.74) is 1.63. The molecule has 0 saturated carbocycles. The van der Waals surface area contributed by atoms with Crippen molar-refractivity contribution in [3.63, 3.8) is 0 Å². The maximum atomic E-state index is 12.5. The zero-order chi connectivity index (χ0) is 18.1. The first kappa shape index (κ1) is 16.3. The van der Waals surface area contributed by atoms with Crippen molar-refractivity contribution in [1.29, 1.82) is 0 Å². The molecule has 6 heteroatoms. The van der Waals surface area contributed by atoms with Crippen molar-refractivity contribution in [2.24, 2.45) is 0 Å². The molecule has 0 radical (unpaired) electrons. The first-order valence-corrected chi connectivity index (χ1v) is 8.72. The number of carbonyl (C=O) groups excluding carboxylic acids is 1. The van der Waals surface area contributed by atoms with E-state index in [2.05, 4.69) is 16.5 Å². The van der Waals surface area contributed by atoms with E-state index in [1.165, 1.54) is 5.56 Å². The molecule has 2 aromatic carbocycles. The van der Waals surface area contributed by atoms with Crippen molar-refractivity contribution in [3.05, 3.63) is 80.4 Å². The number of rotatable bonds is 3. The Kier molecular flexibility index (Phi) is 4.16. The van der Waals surface area contributed by atoms with Crippen molar-refractivity contribution in [2.45, 2.75) is 31.8 Å². The number of nitrogens with zero attached hydrogens (tertiary/aromatic N) is 1. The Labute approximate surface area is 149 Å². The van der Waals surface area contributed by atoms with Crippen molar-refractivity contribution in [3.8, 4) is 0 Å². The highest BCUT2D eigenvalue weighted by molar-refractivity contribution is 5.81. The summed E-state index contributed by atoms with van der Waals surface area (Å²) >= 11 is 0. The SMILES string of the molecule is O=C(Cn1[nH]c(=O)c2ccccc2c1=O)N[C@@H]1CCCc2ccccc21. The summed E-state index contributed by atoms with van der Waals surface area (Å²) in [6.45, 7) is -0.211. The fourth-order valence-corrected chi connectivity index (χ4v) is 3.65. The minimum atomic E-state index is -0.379. The molecule has 0 fully saturated rings. The van der Waals surface area contributed by atoms with Gasteiger partial charge in [0.25, 0.3) is 11.1 Å². The molecule has 0 saturated heterocycles. The van der Waals surface area contributed by atoms with Gasteiger partial charge in [-0.05, 0) is 42.5 Å². The lowest BCUT2D eigenvalue weighted by Gasteiger charge is -2.26. The van der Waals surface area contributed by atoms with Gasteiger partial charge in [-0.2, -0.15) is 0 Å². The van der Waals surface area contributed by atoms with Gasteiger partial charge in [0, 0.05) is 0 Å². The number of fused-ring (bicyclic) bond motifs is 2. The Balaban J connectivity index is 1.58. The van der Waals surface area contributed by atoms with Gasteiger partial charge in [-0.25, -0.2) is 4.68 Å². The maximum absolute atomic E-state index is 12.5. The third kappa shape index (κ3) is 2.94. The van der Waals surface area contributed by atoms with E-state index in [-0.39, 0.29) is 29.6 Å². The average Bonchev–Trinajstić information content (AvgIpc) is 2.66. The predicted octanol–water partition coefficient (Wildman–Crippen LogP) is 1.88. The lowest BCUT2D eigenvalue weighted by molar-refractivity contribution is -0.122. The van der Waals surface area contributed by atoms with E-state index in [4.69, 9.17) is 0 Å². The molecule has 0 bridgehead atoms. The van der Waals surface area contributed by atoms with E-state index >= 15 is 0 Å². The van der Waals surface area contributed by atoms with Gasteiger partial charge in [-0.3, -0.25) is 19.5 Å². The van der Waals surface area contributed by atoms with Crippen LogP contribution in [0.2, 0.25) is 0 Å². The van der Waals surface area contributed by atoms with E-state index in [1.807, 2.05) is 18.2 Å². The van der Waals surface area contributed by atoms with E-state index < -0.39 is 0 Å². The number of nitrogens with one attached hydrogen (secondary N) is 2. The number of aryl methyl sites for hydroxylation is 1. The number of hydrogen-bond acceptors (Lipinski definition) is 3. The molecule has 1 heterocycles. The number of aromatic nitrogens is 2. The lowest BCUT2D eigenvalue weighted by atomic mass is 9.88. The molecule has 1 aromatic heterocycles. The zero-order valence-electron chi connectivity index (χ0n) is 14.2. The summed E-state index contributed by atoms with van der Waals surface area (Å²) in [6, 6.07) is 14.6. The quantitative estimate of drug-likeness (QED) is 0.757. The van der Waals surface area contributed by atoms with Crippen LogP contribution in [0.5, 0.6) is 0 Å². The van der Waals surface area contributed by atoms with Crippen LogP contribution in [0.15, 0.2) is 58.1 Å². The molecule has 0 aliphatic heterocycles. The third-order valence-electron chi connectivity index (χ3n) is 4.89. The summed E-state index contributed by atoms with van der Waals surface area (Å²) in [4.78, 5) is 37.2. The van der Waals surface area contributed by atoms with Gasteiger partial charge in [0.15, 0.2) is 0 Å². The standard InChI is InChI=1S/C20H19N3O3/c24-18(21-17-11-5-7-13-6-1-2-8-14(13)17)12-23-20(26)16-10-4-3-9-15(16)19(25)22-23/h1-4,6,8-10,17H,5,7,11-12H2,(H,21,24)(H,22,25)/t17-/m1/s1. The topological polar surface area (TPSA) is 84.0 Å². The molecule has 26 heavy (non-hydrogen) atoms. The van der Waals surface area contributed by atoms with Gasteiger partial charge in [0.2, 0.25) is 5.91 Å². The summed E-state index contributed by atoms with van der Waals surface area (Å²) in [7, 11) is 0. The second-order valence-electron chi connectivity index (χ2n) is 6.59. The number of amides is 1. The van der Waals surface area contributed by atoms with Crippen molar-refractivity contribution in [2.75, 3.05) is 0 Å². The smallest absolute Gasteiger partial charge is 0.273 e. The second-order valence-corrected chi connectivity index (χ2v) is 6.59. The largest absolute Gasteiger partial charge is 0.348 e. The van der Waals surface area contributed by atoms with Crippen LogP contribution in [0.4, 0.5) is 0 Å². The molecule has 0 spiro atoms. The normalized spacial score (nSPS) is 16.2. The fraction of sp³-hybridized carbons (Fsp3) is 0.250. The van der Waals surface area contributed by atoms with E-state index in [0.717, 1.165) is 29.5 Å². The van der Waals surface area contributed by atoms with Gasteiger partial charge < -0.3 is 5.32 Å². The molecule has 4 rings (SSSR count). The first-order chi connectivity index (χ1) is 12.6. The van der Waals surface area contributed by atoms with E-state index in [1.54, 1.807) is 24.3 Å². The van der Waals surface area contributed by atoms with Gasteiger partial charge in [0.05, 0.1) is 16.8 Å². The van der Waals surface area contributed by atoms with Crippen LogP contribution < -0.4 is 16.4 Å². The van der Waals surface area contributed by atoms with Crippen LogP contribution in [0.25, 0.3) is 10.8 Å². The van der Waals surface area contributed by atoms with Crippen molar-refractivity contribution >= 4 is 16.7 Å². The number of carbonyl (C=O) groups is 1. The lowest BCUT2D eigenvalue weighted by Crippen LogP contribution is -2.38. The molecule has 132 valence electrons. The van der Waals surface area contributed by atoms with Crippen LogP contribution >= 0.6 is 0 Å². The summed E-state index contributed by atoms with van der Waals surface area (Å²) in [6.07, 6.45) is 2.89. The number of aromatic amines is 1. The summed E-state index contributed by atoms with van der Waals surface area (Å²) in [5.74, 6) is -0.292. The number of hydrogen-bond donors (Lipinski definition) is 2. The first-order valence-electron chi connectivity index (χ1n) is 8.72. The Morgan fingerprint density at radius 3 is 2.65 bits per heavy atom. The summed E-state index contributed by atoms with van der Waals surface area (Å²) in [5, 5.41) is 6.13. The molecule has 1 aliphatic carbocycles. The monoisotopic (exact) mass is 349 g/mol.